The highest BCUT2D eigenvalue weighted by molar-refractivity contribution is 7.14. The average molecular weight is 431 g/mol. The van der Waals surface area contributed by atoms with Gasteiger partial charge in [0.25, 0.3) is 5.91 Å². The molecule has 0 bridgehead atoms. The number of carbonyl (C=O) groups excluding carboxylic acids is 2. The first-order chi connectivity index (χ1) is 14.4. The maximum Gasteiger partial charge on any atom is 0.261 e. The Morgan fingerprint density at radius 1 is 1.17 bits per heavy atom. The number of ether oxygens (including phenoxy) is 2. The van der Waals surface area contributed by atoms with Gasteiger partial charge in [0.1, 0.15) is 6.79 Å². The average Bonchev–Trinajstić information content (AvgIpc) is 3.22. The molecule has 0 unspecified atom stereocenters. The van der Waals surface area contributed by atoms with Crippen LogP contribution >= 0.6 is 11.3 Å². The third-order valence-corrected chi connectivity index (χ3v) is 5.26. The van der Waals surface area contributed by atoms with Crippen LogP contribution in [0.3, 0.4) is 0 Å². The topological polar surface area (TPSA) is 96.9 Å². The first-order valence-corrected chi connectivity index (χ1v) is 10.2. The molecule has 0 fully saturated rings. The second-order valence-corrected chi connectivity index (χ2v) is 7.92. The molecule has 8 heteroatoms. The van der Waals surface area contributed by atoms with Crippen LogP contribution in [0.5, 0.6) is 0 Å². The Kier molecular flexibility index (Phi) is 9.51. The van der Waals surface area contributed by atoms with Gasteiger partial charge in [-0.15, -0.1) is 11.3 Å². The summed E-state index contributed by atoms with van der Waals surface area (Å²) in [5, 5.41) is 11.7. The van der Waals surface area contributed by atoms with Gasteiger partial charge in [-0.05, 0) is 37.6 Å². The molecule has 2 rings (SSSR count). The molecule has 0 spiro atoms. The molecule has 7 nitrogen and oxygen atoms in total. The van der Waals surface area contributed by atoms with Gasteiger partial charge in [0, 0.05) is 18.6 Å². The number of benzene rings is 1. The van der Waals surface area contributed by atoms with Crippen LogP contribution in [0, 0.1) is 24.7 Å². The second-order valence-electron chi connectivity index (χ2n) is 6.84. The fraction of sp³-hybridized carbons (Fsp3) is 0.364. The highest BCUT2D eigenvalue weighted by Gasteiger charge is 2.21. The van der Waals surface area contributed by atoms with Crippen molar-refractivity contribution >= 4 is 23.2 Å². The maximum atomic E-state index is 12.6. The molecule has 30 heavy (non-hydrogen) atoms. The number of hydrogen-bond acceptors (Lipinski definition) is 6. The molecule has 0 aliphatic rings. The zero-order valence-electron chi connectivity index (χ0n) is 17.2. The van der Waals surface area contributed by atoms with Gasteiger partial charge in [-0.25, -0.2) is 5.48 Å². The first kappa shape index (κ1) is 23.6. The summed E-state index contributed by atoms with van der Waals surface area (Å²) in [7, 11) is 1.50. The van der Waals surface area contributed by atoms with Gasteiger partial charge in [-0.1, -0.05) is 36.5 Å². The zero-order valence-corrected chi connectivity index (χ0v) is 18.0. The minimum absolute atomic E-state index is 0.0741. The number of hydrogen-bond donors (Lipinski definition) is 3. The molecule has 2 aromatic rings. The summed E-state index contributed by atoms with van der Waals surface area (Å²) in [6.45, 7) is 3.93. The molecular formula is C22H26N2O5S. The third kappa shape index (κ3) is 7.61. The van der Waals surface area contributed by atoms with E-state index < -0.39 is 17.9 Å². The minimum atomic E-state index is -0.522. The maximum absolute atomic E-state index is 12.6. The van der Waals surface area contributed by atoms with Crippen molar-refractivity contribution in [1.82, 2.24) is 10.8 Å². The highest BCUT2D eigenvalue weighted by atomic mass is 32.1. The third-order valence-electron chi connectivity index (χ3n) is 4.26. The van der Waals surface area contributed by atoms with Gasteiger partial charge in [0.15, 0.2) is 0 Å². The molecule has 3 N–H and O–H groups in total. The van der Waals surface area contributed by atoms with Gasteiger partial charge in [0.05, 0.1) is 22.4 Å². The quantitative estimate of drug-likeness (QED) is 0.187. The van der Waals surface area contributed by atoms with Crippen LogP contribution < -0.4 is 10.8 Å². The smallest absolute Gasteiger partial charge is 0.261 e. The van der Waals surface area contributed by atoms with E-state index in [1.54, 1.807) is 24.5 Å². The van der Waals surface area contributed by atoms with Gasteiger partial charge >= 0.3 is 0 Å². The van der Waals surface area contributed by atoms with E-state index in [2.05, 4.69) is 17.2 Å². The fourth-order valence-electron chi connectivity index (χ4n) is 2.64. The number of aryl methyl sites for hydroxylation is 1. The van der Waals surface area contributed by atoms with E-state index >= 15 is 0 Å². The molecule has 0 radical (unpaired) electrons. The van der Waals surface area contributed by atoms with E-state index in [0.29, 0.717) is 11.3 Å². The molecule has 160 valence electrons. The summed E-state index contributed by atoms with van der Waals surface area (Å²) in [6.07, 6.45) is 0.299. The van der Waals surface area contributed by atoms with Gasteiger partial charge < -0.3 is 14.8 Å². The van der Waals surface area contributed by atoms with Crippen molar-refractivity contribution in [2.75, 3.05) is 20.5 Å². The zero-order chi connectivity index (χ0) is 21.9. The van der Waals surface area contributed by atoms with Gasteiger partial charge in [-0.3, -0.25) is 14.8 Å². The number of methoxy groups -OCH3 is 1. The van der Waals surface area contributed by atoms with Crippen LogP contribution in [-0.4, -0.2) is 43.6 Å². The number of amides is 2. The molecule has 0 aliphatic heterocycles. The lowest BCUT2D eigenvalue weighted by Crippen LogP contribution is -2.41. The van der Waals surface area contributed by atoms with Crippen molar-refractivity contribution in [3.63, 3.8) is 0 Å². The summed E-state index contributed by atoms with van der Waals surface area (Å²) in [4.78, 5) is 25.5. The first-order valence-electron chi connectivity index (χ1n) is 9.43. The Morgan fingerprint density at radius 3 is 2.57 bits per heavy atom. The highest BCUT2D eigenvalue weighted by Crippen LogP contribution is 2.17. The van der Waals surface area contributed by atoms with E-state index in [4.69, 9.17) is 14.7 Å². The molecule has 1 heterocycles. The van der Waals surface area contributed by atoms with E-state index in [1.807, 2.05) is 31.2 Å². The number of rotatable bonds is 9. The lowest BCUT2D eigenvalue weighted by Gasteiger charge is -2.21. The molecule has 0 saturated carbocycles. The predicted molar refractivity (Wildman–Crippen MR) is 114 cm³/mol. The van der Waals surface area contributed by atoms with E-state index in [1.165, 1.54) is 24.0 Å². The monoisotopic (exact) mass is 430 g/mol. The summed E-state index contributed by atoms with van der Waals surface area (Å²) in [5.74, 6) is 4.86. The second kappa shape index (κ2) is 12.1. The molecule has 2 amide bonds. The van der Waals surface area contributed by atoms with Crippen molar-refractivity contribution in [2.24, 2.45) is 5.92 Å². The van der Waals surface area contributed by atoms with E-state index in [0.717, 1.165) is 10.4 Å². The van der Waals surface area contributed by atoms with Crippen LogP contribution in [0.1, 0.15) is 39.0 Å². The molecule has 1 aromatic heterocycles. The lowest BCUT2D eigenvalue weighted by molar-refractivity contribution is -0.133. The molecule has 2 atom stereocenters. The van der Waals surface area contributed by atoms with Crippen LogP contribution in [0.4, 0.5) is 0 Å². The van der Waals surface area contributed by atoms with Gasteiger partial charge in [0.2, 0.25) is 5.91 Å². The lowest BCUT2D eigenvalue weighted by atomic mass is 10.0. The Bertz CT molecular complexity index is 898. The summed E-state index contributed by atoms with van der Waals surface area (Å²) in [6, 6.07) is 11.0. The number of hydroxylamine groups is 1. The fourth-order valence-corrected chi connectivity index (χ4v) is 3.40. The van der Waals surface area contributed by atoms with E-state index in [-0.39, 0.29) is 19.3 Å². The van der Waals surface area contributed by atoms with Crippen molar-refractivity contribution in [3.8, 4) is 11.8 Å². The molecular weight excluding hydrogens is 404 g/mol. The largest absolute Gasteiger partial charge is 0.359 e. The van der Waals surface area contributed by atoms with Crippen LogP contribution in [0.2, 0.25) is 0 Å². The Labute approximate surface area is 180 Å². The SMILES string of the molecule is COCOC[C@H](C[C@H](C)C(=O)NO)NC(=O)c1ccc(C#Cc2ccc(C)cc2)s1. The van der Waals surface area contributed by atoms with Gasteiger partial charge in [-0.2, -0.15) is 0 Å². The standard InChI is InChI=1S/C22H26N2O5S/c1-15-4-6-17(7-5-15)8-9-19-10-11-20(30-19)22(26)23-18(13-29-14-28-3)12-16(2)21(25)24-27/h4-7,10-11,16,18,27H,12-14H2,1-3H3,(H,23,26)(H,24,25)/t16-,18-/m0/s1. The summed E-state index contributed by atoms with van der Waals surface area (Å²) >= 11 is 1.29. The number of carbonyl (C=O) groups is 2. The van der Waals surface area contributed by atoms with Crippen molar-refractivity contribution in [1.29, 1.82) is 0 Å². The summed E-state index contributed by atoms with van der Waals surface area (Å²) < 4.78 is 10.2. The Balaban J connectivity index is 2.02. The normalized spacial score (nSPS) is 12.4. The molecule has 0 saturated heterocycles. The Hall–Kier alpha value is -2.70. The van der Waals surface area contributed by atoms with Crippen molar-refractivity contribution < 1.29 is 24.3 Å². The van der Waals surface area contributed by atoms with E-state index in [9.17, 15) is 9.59 Å². The number of nitrogens with one attached hydrogen (secondary N) is 2. The van der Waals surface area contributed by atoms with Crippen LogP contribution in [-0.2, 0) is 14.3 Å². The van der Waals surface area contributed by atoms with Crippen molar-refractivity contribution in [3.05, 3.63) is 57.3 Å². The Morgan fingerprint density at radius 2 is 1.90 bits per heavy atom. The minimum Gasteiger partial charge on any atom is -0.359 e. The number of thiophene rings is 1. The van der Waals surface area contributed by atoms with Crippen LogP contribution in [0.25, 0.3) is 0 Å². The molecule has 0 aliphatic carbocycles. The molecule has 1 aromatic carbocycles. The van der Waals surface area contributed by atoms with Crippen molar-refractivity contribution in [2.45, 2.75) is 26.3 Å². The summed E-state index contributed by atoms with van der Waals surface area (Å²) in [5.41, 5.74) is 3.71. The predicted octanol–water partition coefficient (Wildman–Crippen LogP) is 2.71. The van der Waals surface area contributed by atoms with Crippen LogP contribution in [0.15, 0.2) is 36.4 Å².